The summed E-state index contributed by atoms with van der Waals surface area (Å²) in [6, 6.07) is 21.4. The van der Waals surface area contributed by atoms with Crippen molar-refractivity contribution in [3.8, 4) is 22.8 Å². The molecule has 0 aliphatic rings. The Labute approximate surface area is 230 Å². The molecule has 2 aromatic heterocycles. The van der Waals surface area contributed by atoms with Crippen LogP contribution in [0.1, 0.15) is 10.4 Å². The number of primary amides is 1. The molecule has 0 spiro atoms. The molecular formula is C28H24N6O5S. The van der Waals surface area contributed by atoms with E-state index in [0.29, 0.717) is 39.5 Å². The summed E-state index contributed by atoms with van der Waals surface area (Å²) in [5.74, 6) is 0.606. The number of nitrogens with zero attached hydrogens (tertiary/aromatic N) is 3. The van der Waals surface area contributed by atoms with Gasteiger partial charge in [0.1, 0.15) is 11.5 Å². The third-order valence-electron chi connectivity index (χ3n) is 5.90. The first kappa shape index (κ1) is 26.4. The van der Waals surface area contributed by atoms with Crippen molar-refractivity contribution in [2.75, 3.05) is 24.3 Å². The highest BCUT2D eigenvalue weighted by molar-refractivity contribution is 7.92. The number of fused-ring (bicyclic) bond motifs is 1. The van der Waals surface area contributed by atoms with E-state index < -0.39 is 15.9 Å². The number of rotatable bonds is 9. The van der Waals surface area contributed by atoms with Crippen LogP contribution in [0.15, 0.2) is 90.0 Å². The molecule has 202 valence electrons. The molecule has 0 saturated carbocycles. The highest BCUT2D eigenvalue weighted by Gasteiger charge is 2.20. The molecule has 5 rings (SSSR count). The molecule has 3 aromatic carbocycles. The maximum absolute atomic E-state index is 13.6. The number of para-hydroxylation sites is 2. The van der Waals surface area contributed by atoms with Crippen molar-refractivity contribution in [2.45, 2.75) is 4.90 Å². The number of sulfonamides is 1. The predicted octanol–water partition coefficient (Wildman–Crippen LogP) is 4.35. The zero-order valence-electron chi connectivity index (χ0n) is 21.5. The fraction of sp³-hybridized carbons (Fsp3) is 0.0714. The van der Waals surface area contributed by atoms with E-state index in [9.17, 15) is 13.2 Å². The minimum absolute atomic E-state index is 0.0141. The molecule has 1 amide bonds. The van der Waals surface area contributed by atoms with Crippen LogP contribution in [-0.4, -0.2) is 43.5 Å². The molecule has 12 heteroatoms. The lowest BCUT2D eigenvalue weighted by Crippen LogP contribution is -2.16. The lowest BCUT2D eigenvalue weighted by atomic mass is 10.1. The number of carbonyl (C=O) groups excluding carboxylic acids is 1. The fourth-order valence-electron chi connectivity index (χ4n) is 3.93. The van der Waals surface area contributed by atoms with Crippen LogP contribution in [0.4, 0.5) is 17.3 Å². The van der Waals surface area contributed by atoms with Gasteiger partial charge >= 0.3 is 0 Å². The second-order valence-corrected chi connectivity index (χ2v) is 10.2. The summed E-state index contributed by atoms with van der Waals surface area (Å²) < 4.78 is 40.4. The van der Waals surface area contributed by atoms with Crippen LogP contribution >= 0.6 is 0 Å². The molecule has 0 radical (unpaired) electrons. The van der Waals surface area contributed by atoms with Gasteiger partial charge in [0.2, 0.25) is 5.91 Å². The number of methoxy groups -OCH3 is 2. The predicted molar refractivity (Wildman–Crippen MR) is 151 cm³/mol. The Morgan fingerprint density at radius 3 is 2.15 bits per heavy atom. The molecule has 40 heavy (non-hydrogen) atoms. The van der Waals surface area contributed by atoms with E-state index in [4.69, 9.17) is 15.2 Å². The summed E-state index contributed by atoms with van der Waals surface area (Å²) in [4.78, 5) is 25.0. The molecule has 4 N–H and O–H groups in total. The normalized spacial score (nSPS) is 11.2. The third-order valence-corrected chi connectivity index (χ3v) is 7.24. The van der Waals surface area contributed by atoms with Crippen molar-refractivity contribution in [1.29, 1.82) is 0 Å². The first-order valence-corrected chi connectivity index (χ1v) is 13.4. The van der Waals surface area contributed by atoms with Crippen LogP contribution in [0.2, 0.25) is 0 Å². The number of anilines is 3. The Bertz CT molecular complexity index is 1820. The van der Waals surface area contributed by atoms with Gasteiger partial charge < -0.3 is 20.5 Å². The highest BCUT2D eigenvalue weighted by Crippen LogP contribution is 2.32. The van der Waals surface area contributed by atoms with Gasteiger partial charge in [-0.25, -0.2) is 18.4 Å². The minimum Gasteiger partial charge on any atom is -0.497 e. The standard InChI is InChI=1S/C28H24N6O5S/c1-38-20-14-19(15-21(16-20)39-2)31-27-28(33-24-9-4-3-8-23(24)32-27)34-40(36,37)22-7-5-6-17(12-22)25-13-18(26(29)35)10-11-30-25/h3-16H,1-2H3,(H2,29,35)(H,31,32)(H,33,34). The quantitative estimate of drug-likeness (QED) is 0.240. The number of amides is 1. The average Bonchev–Trinajstić information content (AvgIpc) is 2.97. The number of benzene rings is 3. The van der Waals surface area contributed by atoms with Crippen molar-refractivity contribution in [3.63, 3.8) is 0 Å². The minimum atomic E-state index is -4.14. The lowest BCUT2D eigenvalue weighted by Gasteiger charge is -2.15. The molecule has 0 saturated heterocycles. The van der Waals surface area contributed by atoms with Crippen LogP contribution in [0.5, 0.6) is 11.5 Å². The first-order valence-electron chi connectivity index (χ1n) is 11.9. The van der Waals surface area contributed by atoms with E-state index in [0.717, 1.165) is 0 Å². The number of aromatic nitrogens is 3. The van der Waals surface area contributed by atoms with Crippen LogP contribution in [0, 0.1) is 0 Å². The second kappa shape index (κ2) is 10.9. The summed E-state index contributed by atoms with van der Waals surface area (Å²) in [6.45, 7) is 0. The van der Waals surface area contributed by atoms with Crippen molar-refractivity contribution < 1.29 is 22.7 Å². The van der Waals surface area contributed by atoms with Gasteiger partial charge in [0.25, 0.3) is 10.0 Å². The number of carbonyl (C=O) groups is 1. The number of nitrogens with one attached hydrogen (secondary N) is 2. The molecule has 0 bridgehead atoms. The van der Waals surface area contributed by atoms with E-state index in [2.05, 4.69) is 25.0 Å². The molecule has 11 nitrogen and oxygen atoms in total. The molecular weight excluding hydrogens is 532 g/mol. The molecule has 0 aliphatic heterocycles. The van der Waals surface area contributed by atoms with E-state index in [1.54, 1.807) is 48.5 Å². The van der Waals surface area contributed by atoms with Gasteiger partial charge in [-0.1, -0.05) is 24.3 Å². The van der Waals surface area contributed by atoms with E-state index in [1.165, 1.54) is 44.7 Å². The maximum atomic E-state index is 13.6. The largest absolute Gasteiger partial charge is 0.497 e. The number of nitrogens with two attached hydrogens (primary N) is 1. The van der Waals surface area contributed by atoms with Gasteiger partial charge in [-0.15, -0.1) is 0 Å². The third kappa shape index (κ3) is 5.61. The zero-order chi connectivity index (χ0) is 28.3. The Morgan fingerprint density at radius 2 is 1.50 bits per heavy atom. The van der Waals surface area contributed by atoms with Gasteiger partial charge in [-0.05, 0) is 36.4 Å². The topological polar surface area (TPSA) is 158 Å². The van der Waals surface area contributed by atoms with Crippen LogP contribution in [0.25, 0.3) is 22.3 Å². The van der Waals surface area contributed by atoms with Crippen molar-refractivity contribution in [3.05, 3.63) is 90.6 Å². The summed E-state index contributed by atoms with van der Waals surface area (Å²) in [7, 11) is -1.08. The Morgan fingerprint density at radius 1 is 0.825 bits per heavy atom. The van der Waals surface area contributed by atoms with Crippen LogP contribution in [-0.2, 0) is 10.0 Å². The van der Waals surface area contributed by atoms with Gasteiger partial charge in [0.05, 0.1) is 35.8 Å². The molecule has 0 aliphatic carbocycles. The molecule has 2 heterocycles. The Kier molecular flexibility index (Phi) is 7.17. The van der Waals surface area contributed by atoms with Crippen molar-refractivity contribution >= 4 is 44.3 Å². The van der Waals surface area contributed by atoms with Crippen molar-refractivity contribution in [2.24, 2.45) is 5.73 Å². The monoisotopic (exact) mass is 556 g/mol. The first-order chi connectivity index (χ1) is 19.3. The lowest BCUT2D eigenvalue weighted by molar-refractivity contribution is 0.1000. The van der Waals surface area contributed by atoms with Gasteiger partial charge in [0, 0.05) is 41.2 Å². The Balaban J connectivity index is 1.54. The maximum Gasteiger partial charge on any atom is 0.263 e. The number of hydrogen-bond donors (Lipinski definition) is 3. The Hall–Kier alpha value is -5.23. The summed E-state index contributed by atoms with van der Waals surface area (Å²) in [5, 5.41) is 3.13. The second-order valence-electron chi connectivity index (χ2n) is 8.56. The van der Waals surface area contributed by atoms with Gasteiger partial charge in [0.15, 0.2) is 11.6 Å². The fourth-order valence-corrected chi connectivity index (χ4v) is 4.98. The highest BCUT2D eigenvalue weighted by atomic mass is 32.2. The number of ether oxygens (including phenoxy) is 2. The smallest absolute Gasteiger partial charge is 0.263 e. The van der Waals surface area contributed by atoms with E-state index in [1.807, 2.05) is 6.07 Å². The molecule has 5 aromatic rings. The summed E-state index contributed by atoms with van der Waals surface area (Å²) in [6.07, 6.45) is 1.44. The van der Waals surface area contributed by atoms with E-state index >= 15 is 0 Å². The zero-order valence-corrected chi connectivity index (χ0v) is 22.3. The van der Waals surface area contributed by atoms with E-state index in [-0.39, 0.29) is 22.1 Å². The molecule has 0 unspecified atom stereocenters. The van der Waals surface area contributed by atoms with Crippen LogP contribution in [0.3, 0.4) is 0 Å². The van der Waals surface area contributed by atoms with Gasteiger partial charge in [-0.3, -0.25) is 14.5 Å². The number of hydrogen-bond acceptors (Lipinski definition) is 9. The SMILES string of the molecule is COc1cc(Nc2nc3ccccc3nc2NS(=O)(=O)c2cccc(-c3cc(C(N)=O)ccn3)c2)cc(OC)c1. The van der Waals surface area contributed by atoms with Gasteiger partial charge in [-0.2, -0.15) is 0 Å². The van der Waals surface area contributed by atoms with Crippen molar-refractivity contribution in [1.82, 2.24) is 15.0 Å². The average molecular weight is 557 g/mol. The summed E-state index contributed by atoms with van der Waals surface area (Å²) >= 11 is 0. The van der Waals surface area contributed by atoms with Crippen LogP contribution < -0.4 is 25.2 Å². The summed E-state index contributed by atoms with van der Waals surface area (Å²) in [5.41, 5.74) is 8.12. The number of pyridine rings is 1. The molecule has 0 atom stereocenters. The molecule has 0 fully saturated rings.